The van der Waals surface area contributed by atoms with E-state index in [0.717, 1.165) is 33.4 Å². The molecule has 0 unspecified atom stereocenters. The second kappa shape index (κ2) is 9.13. The van der Waals surface area contributed by atoms with E-state index in [1.165, 1.54) is 12.1 Å². The third-order valence-corrected chi connectivity index (χ3v) is 4.93. The van der Waals surface area contributed by atoms with Crippen molar-refractivity contribution in [1.82, 2.24) is 4.98 Å². The van der Waals surface area contributed by atoms with Crippen molar-refractivity contribution in [2.75, 3.05) is 4.90 Å². The molecule has 6 heteroatoms. The molecule has 2 aromatic carbocycles. The molecule has 0 saturated heterocycles. The molecule has 1 N–H and O–H groups in total. The number of rotatable bonds is 6. The molecular weight excluding hydrogens is 380 g/mol. The predicted molar refractivity (Wildman–Crippen MR) is 113 cm³/mol. The number of anilines is 1. The summed E-state index contributed by atoms with van der Waals surface area (Å²) in [6, 6.07) is 17.7. The van der Waals surface area contributed by atoms with Crippen LogP contribution >= 0.6 is 0 Å². The number of carbonyl (C=O) groups excluding carboxylic acids is 2. The molecule has 3 aromatic rings. The minimum atomic E-state index is -1.13. The number of aryl methyl sites for hydroxylation is 2. The number of pyridine rings is 1. The minimum absolute atomic E-state index is 0.0172. The average Bonchev–Trinajstić information content (AvgIpc) is 2.72. The van der Waals surface area contributed by atoms with Gasteiger partial charge in [0.25, 0.3) is 0 Å². The summed E-state index contributed by atoms with van der Waals surface area (Å²) < 4.78 is 0. The van der Waals surface area contributed by atoms with Gasteiger partial charge in [-0.25, -0.2) is 14.7 Å². The Labute approximate surface area is 174 Å². The van der Waals surface area contributed by atoms with Crippen LogP contribution in [-0.2, 0) is 22.4 Å². The van der Waals surface area contributed by atoms with Crippen LogP contribution < -0.4 is 4.90 Å². The van der Waals surface area contributed by atoms with E-state index in [1.54, 1.807) is 0 Å². The molecule has 6 nitrogen and oxygen atoms in total. The van der Waals surface area contributed by atoms with Gasteiger partial charge in [-0.15, -0.1) is 0 Å². The lowest BCUT2D eigenvalue weighted by Crippen LogP contribution is -2.40. The summed E-state index contributed by atoms with van der Waals surface area (Å²) >= 11 is 0. The second-order valence-corrected chi connectivity index (χ2v) is 7.04. The van der Waals surface area contributed by atoms with E-state index in [0.29, 0.717) is 0 Å². The first-order valence-electron chi connectivity index (χ1n) is 9.51. The predicted octanol–water partition coefficient (Wildman–Crippen LogP) is 3.74. The smallest absolute Gasteiger partial charge is 0.337 e. The summed E-state index contributed by atoms with van der Waals surface area (Å²) in [5.74, 6) is -1.85. The Morgan fingerprint density at radius 2 is 1.30 bits per heavy atom. The van der Waals surface area contributed by atoms with E-state index in [-0.39, 0.29) is 24.2 Å². The first kappa shape index (κ1) is 20.9. The summed E-state index contributed by atoms with van der Waals surface area (Å²) in [5, 5.41) is 9.10. The van der Waals surface area contributed by atoms with Gasteiger partial charge in [0.05, 0.1) is 18.4 Å². The molecule has 0 atom stereocenters. The first-order valence-corrected chi connectivity index (χ1v) is 9.51. The number of imide groups is 1. The van der Waals surface area contributed by atoms with Crippen molar-refractivity contribution in [1.29, 1.82) is 0 Å². The number of hydrogen-bond donors (Lipinski definition) is 1. The minimum Gasteiger partial charge on any atom is -0.478 e. The standard InChI is InChI=1S/C24H22N2O4/c1-16-7-3-5-9-18(16)13-22(27)26(21-12-11-20(15-25-21)24(29)30)23(28)14-19-10-6-4-8-17(19)2/h3-12,15H,13-14H2,1-2H3,(H,29,30). The van der Waals surface area contributed by atoms with Gasteiger partial charge in [0.1, 0.15) is 5.82 Å². The molecule has 0 aliphatic rings. The van der Waals surface area contributed by atoms with Crippen LogP contribution in [0.5, 0.6) is 0 Å². The maximum Gasteiger partial charge on any atom is 0.337 e. The highest BCUT2D eigenvalue weighted by molar-refractivity contribution is 6.15. The number of aromatic carboxylic acids is 1. The van der Waals surface area contributed by atoms with Crippen molar-refractivity contribution >= 4 is 23.6 Å². The van der Waals surface area contributed by atoms with Gasteiger partial charge >= 0.3 is 5.97 Å². The van der Waals surface area contributed by atoms with E-state index in [2.05, 4.69) is 4.98 Å². The van der Waals surface area contributed by atoms with E-state index >= 15 is 0 Å². The molecule has 0 radical (unpaired) electrons. The lowest BCUT2D eigenvalue weighted by Gasteiger charge is -2.21. The van der Waals surface area contributed by atoms with E-state index in [4.69, 9.17) is 5.11 Å². The summed E-state index contributed by atoms with van der Waals surface area (Å²) in [6.45, 7) is 3.81. The third-order valence-electron chi connectivity index (χ3n) is 4.93. The number of carboxylic acid groups (broad SMARTS) is 1. The van der Waals surface area contributed by atoms with Crippen LogP contribution in [0.25, 0.3) is 0 Å². The number of carbonyl (C=O) groups is 3. The van der Waals surface area contributed by atoms with Crippen LogP contribution in [0.2, 0.25) is 0 Å². The van der Waals surface area contributed by atoms with Crippen LogP contribution in [-0.4, -0.2) is 27.9 Å². The van der Waals surface area contributed by atoms with Crippen molar-refractivity contribution in [2.45, 2.75) is 26.7 Å². The molecule has 0 bridgehead atoms. The fraction of sp³-hybridized carbons (Fsp3) is 0.167. The quantitative estimate of drug-likeness (QED) is 0.679. The molecule has 1 heterocycles. The van der Waals surface area contributed by atoms with Gasteiger partial charge in [-0.2, -0.15) is 0 Å². The molecular formula is C24H22N2O4. The van der Waals surface area contributed by atoms with Crippen LogP contribution in [0.4, 0.5) is 5.82 Å². The number of nitrogens with zero attached hydrogens (tertiary/aromatic N) is 2. The number of benzene rings is 2. The normalized spacial score (nSPS) is 10.5. The van der Waals surface area contributed by atoms with E-state index in [9.17, 15) is 14.4 Å². The average molecular weight is 402 g/mol. The number of carboxylic acids is 1. The van der Waals surface area contributed by atoms with Gasteiger partial charge in [-0.1, -0.05) is 48.5 Å². The fourth-order valence-electron chi connectivity index (χ4n) is 3.14. The van der Waals surface area contributed by atoms with Crippen molar-refractivity contribution in [3.8, 4) is 0 Å². The van der Waals surface area contributed by atoms with Crippen LogP contribution in [0.1, 0.15) is 32.6 Å². The van der Waals surface area contributed by atoms with E-state index in [1.807, 2.05) is 62.4 Å². The lowest BCUT2D eigenvalue weighted by molar-refractivity contribution is -0.125. The summed E-state index contributed by atoms with van der Waals surface area (Å²) in [7, 11) is 0. The van der Waals surface area contributed by atoms with Crippen LogP contribution in [0.3, 0.4) is 0 Å². The fourth-order valence-corrected chi connectivity index (χ4v) is 3.14. The van der Waals surface area contributed by atoms with Gasteiger partial charge in [-0.05, 0) is 48.2 Å². The monoisotopic (exact) mass is 402 g/mol. The Bertz CT molecular complexity index is 1030. The van der Waals surface area contributed by atoms with Crippen molar-refractivity contribution in [2.24, 2.45) is 0 Å². The van der Waals surface area contributed by atoms with Crippen molar-refractivity contribution in [3.63, 3.8) is 0 Å². The Morgan fingerprint density at radius 1 is 0.800 bits per heavy atom. The molecule has 0 aliphatic carbocycles. The van der Waals surface area contributed by atoms with Gasteiger partial charge in [0.2, 0.25) is 11.8 Å². The largest absolute Gasteiger partial charge is 0.478 e. The van der Waals surface area contributed by atoms with Crippen molar-refractivity contribution < 1.29 is 19.5 Å². The Morgan fingerprint density at radius 3 is 1.70 bits per heavy atom. The molecule has 152 valence electrons. The Kier molecular flexibility index (Phi) is 6.37. The Hall–Kier alpha value is -3.80. The summed E-state index contributed by atoms with van der Waals surface area (Å²) in [5.41, 5.74) is 3.52. The molecule has 0 spiro atoms. The zero-order valence-electron chi connectivity index (χ0n) is 16.8. The maximum atomic E-state index is 13.1. The molecule has 0 fully saturated rings. The first-order chi connectivity index (χ1) is 14.4. The van der Waals surface area contributed by atoms with Gasteiger partial charge in [0, 0.05) is 6.20 Å². The summed E-state index contributed by atoms with van der Waals surface area (Å²) in [4.78, 5) is 42.5. The lowest BCUT2D eigenvalue weighted by atomic mass is 10.0. The van der Waals surface area contributed by atoms with Gasteiger partial charge < -0.3 is 5.11 Å². The molecule has 3 rings (SSSR count). The molecule has 1 aromatic heterocycles. The SMILES string of the molecule is Cc1ccccc1CC(=O)N(C(=O)Cc1ccccc1C)c1ccc(C(=O)O)cn1. The number of aromatic nitrogens is 1. The van der Waals surface area contributed by atoms with Gasteiger partial charge in [0.15, 0.2) is 0 Å². The van der Waals surface area contributed by atoms with Crippen LogP contribution in [0, 0.1) is 13.8 Å². The number of hydrogen-bond acceptors (Lipinski definition) is 4. The van der Waals surface area contributed by atoms with Crippen molar-refractivity contribution in [3.05, 3.63) is 94.7 Å². The zero-order valence-corrected chi connectivity index (χ0v) is 16.8. The van der Waals surface area contributed by atoms with Crippen LogP contribution in [0.15, 0.2) is 66.9 Å². The molecule has 0 aliphatic heterocycles. The second-order valence-electron chi connectivity index (χ2n) is 7.04. The topological polar surface area (TPSA) is 87.6 Å². The van der Waals surface area contributed by atoms with E-state index < -0.39 is 17.8 Å². The highest BCUT2D eigenvalue weighted by atomic mass is 16.4. The molecule has 0 saturated carbocycles. The maximum absolute atomic E-state index is 13.1. The zero-order chi connectivity index (χ0) is 21.7. The third kappa shape index (κ3) is 4.78. The van der Waals surface area contributed by atoms with Gasteiger partial charge in [-0.3, -0.25) is 9.59 Å². The highest BCUT2D eigenvalue weighted by Gasteiger charge is 2.26. The number of amides is 2. The molecule has 30 heavy (non-hydrogen) atoms. The Balaban J connectivity index is 1.94. The highest BCUT2D eigenvalue weighted by Crippen LogP contribution is 2.18. The summed E-state index contributed by atoms with van der Waals surface area (Å²) in [6.07, 6.45) is 1.22. The molecule has 2 amide bonds.